The third kappa shape index (κ3) is 3.12. The van der Waals surface area contributed by atoms with Crippen molar-refractivity contribution in [2.24, 2.45) is 0 Å². The Kier molecular flexibility index (Phi) is 4.64. The maximum Gasteiger partial charge on any atom is 0.225 e. The van der Waals surface area contributed by atoms with Gasteiger partial charge in [-0.2, -0.15) is 0 Å². The first-order chi connectivity index (χ1) is 13.7. The van der Waals surface area contributed by atoms with Crippen LogP contribution in [-0.4, -0.2) is 54.3 Å². The van der Waals surface area contributed by atoms with Gasteiger partial charge < -0.3 is 14.4 Å². The van der Waals surface area contributed by atoms with E-state index in [2.05, 4.69) is 14.8 Å². The van der Waals surface area contributed by atoms with Crippen LogP contribution in [0.25, 0.3) is 0 Å². The van der Waals surface area contributed by atoms with Crippen LogP contribution in [0.15, 0.2) is 24.4 Å². The Bertz CT molecular complexity index is 871. The van der Waals surface area contributed by atoms with Crippen molar-refractivity contribution in [3.63, 3.8) is 0 Å². The summed E-state index contributed by atoms with van der Waals surface area (Å²) in [5.74, 6) is 1.33. The molecule has 7 heteroatoms. The van der Waals surface area contributed by atoms with Crippen molar-refractivity contribution >= 4 is 5.95 Å². The highest BCUT2D eigenvalue weighted by Crippen LogP contribution is 2.44. The fourth-order valence-corrected chi connectivity index (χ4v) is 4.72. The SMILES string of the molecule is COc1ccc(F)c(CN2[C@H]3CC[C@H]2c2cnc(N4CCOCC4)nc2C3)c1. The summed E-state index contributed by atoms with van der Waals surface area (Å²) >= 11 is 0. The highest BCUT2D eigenvalue weighted by atomic mass is 19.1. The number of methoxy groups -OCH3 is 1. The molecule has 1 aromatic carbocycles. The molecule has 6 nitrogen and oxygen atoms in total. The number of aromatic nitrogens is 2. The zero-order chi connectivity index (χ0) is 19.1. The number of nitrogens with zero attached hydrogens (tertiary/aromatic N) is 4. The molecule has 0 radical (unpaired) electrons. The van der Waals surface area contributed by atoms with Crippen LogP contribution < -0.4 is 9.64 Å². The third-order valence-corrected chi connectivity index (χ3v) is 6.22. The summed E-state index contributed by atoms with van der Waals surface area (Å²) in [6.07, 6.45) is 5.08. The van der Waals surface area contributed by atoms with Crippen molar-refractivity contribution in [1.82, 2.24) is 14.9 Å². The highest BCUT2D eigenvalue weighted by Gasteiger charge is 2.41. The molecule has 2 atom stereocenters. The summed E-state index contributed by atoms with van der Waals surface area (Å²) in [5, 5.41) is 0. The minimum Gasteiger partial charge on any atom is -0.497 e. The Morgan fingerprint density at radius 2 is 2.11 bits per heavy atom. The Hall–Kier alpha value is -2.25. The molecule has 0 unspecified atom stereocenters. The number of morpholine rings is 1. The summed E-state index contributed by atoms with van der Waals surface area (Å²) in [7, 11) is 1.61. The normalized spacial score (nSPS) is 24.3. The van der Waals surface area contributed by atoms with E-state index in [1.54, 1.807) is 13.2 Å². The molecule has 0 spiro atoms. The molecule has 2 bridgehead atoms. The Balaban J connectivity index is 1.40. The fourth-order valence-electron chi connectivity index (χ4n) is 4.72. The van der Waals surface area contributed by atoms with Crippen LogP contribution in [0.3, 0.4) is 0 Å². The lowest BCUT2D eigenvalue weighted by molar-refractivity contribution is 0.122. The van der Waals surface area contributed by atoms with Crippen LogP contribution in [0, 0.1) is 5.82 Å². The smallest absolute Gasteiger partial charge is 0.225 e. The first-order valence-electron chi connectivity index (χ1n) is 9.99. The summed E-state index contributed by atoms with van der Waals surface area (Å²) in [4.78, 5) is 14.2. The first-order valence-corrected chi connectivity index (χ1v) is 9.99. The van der Waals surface area contributed by atoms with Crippen LogP contribution in [0.1, 0.15) is 35.7 Å². The van der Waals surface area contributed by atoms with Crippen molar-refractivity contribution in [2.45, 2.75) is 37.9 Å². The molecule has 2 aromatic rings. The molecule has 0 amide bonds. The van der Waals surface area contributed by atoms with Crippen molar-refractivity contribution in [3.05, 3.63) is 47.0 Å². The molecule has 148 valence electrons. The lowest BCUT2D eigenvalue weighted by Gasteiger charge is -2.36. The molecule has 5 rings (SSSR count). The molecule has 4 heterocycles. The maximum absolute atomic E-state index is 14.4. The number of fused-ring (bicyclic) bond motifs is 4. The van der Waals surface area contributed by atoms with E-state index < -0.39 is 0 Å². The lowest BCUT2D eigenvalue weighted by atomic mass is 9.98. The van der Waals surface area contributed by atoms with E-state index in [4.69, 9.17) is 14.5 Å². The van der Waals surface area contributed by atoms with Crippen LogP contribution in [0.5, 0.6) is 5.75 Å². The van der Waals surface area contributed by atoms with Crippen LogP contribution >= 0.6 is 0 Å². The largest absolute Gasteiger partial charge is 0.497 e. The van der Waals surface area contributed by atoms with Gasteiger partial charge in [0.15, 0.2) is 0 Å². The molecular formula is C21H25FN4O2. The van der Waals surface area contributed by atoms with E-state index in [1.165, 1.54) is 11.6 Å². The molecule has 2 saturated heterocycles. The number of rotatable bonds is 4. The van der Waals surface area contributed by atoms with E-state index in [-0.39, 0.29) is 11.9 Å². The quantitative estimate of drug-likeness (QED) is 0.808. The molecule has 28 heavy (non-hydrogen) atoms. The Morgan fingerprint density at radius 1 is 1.25 bits per heavy atom. The number of anilines is 1. The van der Waals surface area contributed by atoms with E-state index >= 15 is 0 Å². The van der Waals surface area contributed by atoms with Gasteiger partial charge >= 0.3 is 0 Å². The van der Waals surface area contributed by atoms with Crippen LogP contribution in [0.4, 0.5) is 10.3 Å². The topological polar surface area (TPSA) is 50.7 Å². The number of benzene rings is 1. The Labute approximate surface area is 164 Å². The Morgan fingerprint density at radius 3 is 2.93 bits per heavy atom. The average molecular weight is 384 g/mol. The van der Waals surface area contributed by atoms with Gasteiger partial charge in [-0.05, 0) is 31.0 Å². The van der Waals surface area contributed by atoms with E-state index in [0.29, 0.717) is 23.9 Å². The standard InChI is InChI=1S/C21H25FN4O2/c1-27-16-3-4-18(22)14(10-16)13-26-15-2-5-20(26)17-12-23-21(24-19(17)11-15)25-6-8-28-9-7-25/h3-4,10,12,15,20H,2,5-9,11,13H2,1H3/t15-,20-/m0/s1. The van der Waals surface area contributed by atoms with Crippen LogP contribution in [0.2, 0.25) is 0 Å². The predicted octanol–water partition coefficient (Wildman–Crippen LogP) is 2.72. The van der Waals surface area contributed by atoms with Gasteiger partial charge in [0.05, 0.1) is 26.0 Å². The summed E-state index contributed by atoms with van der Waals surface area (Å²) in [5.41, 5.74) is 3.05. The van der Waals surface area contributed by atoms with Gasteiger partial charge in [-0.25, -0.2) is 14.4 Å². The third-order valence-electron chi connectivity index (χ3n) is 6.22. The van der Waals surface area contributed by atoms with Gasteiger partial charge in [-0.15, -0.1) is 0 Å². The zero-order valence-electron chi connectivity index (χ0n) is 16.1. The predicted molar refractivity (Wildman–Crippen MR) is 103 cm³/mol. The summed E-state index contributed by atoms with van der Waals surface area (Å²) in [6.45, 7) is 3.72. The molecule has 2 fully saturated rings. The van der Waals surface area contributed by atoms with E-state index in [9.17, 15) is 4.39 Å². The van der Waals surface area contributed by atoms with Crippen molar-refractivity contribution in [1.29, 1.82) is 0 Å². The second-order valence-corrected chi connectivity index (χ2v) is 7.75. The summed E-state index contributed by atoms with van der Waals surface area (Å²) < 4.78 is 25.1. The van der Waals surface area contributed by atoms with Gasteiger partial charge in [0.1, 0.15) is 11.6 Å². The molecule has 0 N–H and O–H groups in total. The fraction of sp³-hybridized carbons (Fsp3) is 0.524. The van der Waals surface area contributed by atoms with E-state index in [1.807, 2.05) is 12.3 Å². The first kappa shape index (κ1) is 17.8. The number of hydrogen-bond donors (Lipinski definition) is 0. The van der Waals surface area contributed by atoms with Crippen molar-refractivity contribution in [3.8, 4) is 5.75 Å². The van der Waals surface area contributed by atoms with Gasteiger partial charge in [0.2, 0.25) is 5.95 Å². The second-order valence-electron chi connectivity index (χ2n) is 7.75. The average Bonchev–Trinajstić information content (AvgIpc) is 3.01. The highest BCUT2D eigenvalue weighted by molar-refractivity contribution is 5.38. The monoisotopic (exact) mass is 384 g/mol. The minimum atomic E-state index is -0.176. The van der Waals surface area contributed by atoms with Crippen molar-refractivity contribution in [2.75, 3.05) is 38.3 Å². The van der Waals surface area contributed by atoms with Gasteiger partial charge in [-0.1, -0.05) is 0 Å². The van der Waals surface area contributed by atoms with Gasteiger partial charge in [-0.3, -0.25) is 4.90 Å². The number of ether oxygens (including phenoxy) is 2. The van der Waals surface area contributed by atoms with Crippen molar-refractivity contribution < 1.29 is 13.9 Å². The van der Waals surface area contributed by atoms with Gasteiger partial charge in [0, 0.05) is 55.5 Å². The van der Waals surface area contributed by atoms with Crippen LogP contribution in [-0.2, 0) is 17.7 Å². The molecule has 3 aliphatic heterocycles. The molecule has 1 aromatic heterocycles. The number of halogens is 1. The number of hydrogen-bond acceptors (Lipinski definition) is 6. The second kappa shape index (κ2) is 7.29. The molecule has 3 aliphatic rings. The lowest BCUT2D eigenvalue weighted by Crippen LogP contribution is -2.40. The zero-order valence-corrected chi connectivity index (χ0v) is 16.1. The van der Waals surface area contributed by atoms with Gasteiger partial charge in [0.25, 0.3) is 0 Å². The summed E-state index contributed by atoms with van der Waals surface area (Å²) in [6, 6.07) is 5.63. The van der Waals surface area contributed by atoms with E-state index in [0.717, 1.165) is 57.2 Å². The molecule has 0 saturated carbocycles. The maximum atomic E-state index is 14.4. The minimum absolute atomic E-state index is 0.176. The molecular weight excluding hydrogens is 359 g/mol. The molecule has 0 aliphatic carbocycles.